The SMILES string of the molecule is CCNC(CC)CN1CCC(N2CCCCC2)C1. The lowest BCUT2D eigenvalue weighted by molar-refractivity contribution is 0.160. The fourth-order valence-corrected chi connectivity index (χ4v) is 3.50. The first kappa shape index (κ1) is 14.3. The summed E-state index contributed by atoms with van der Waals surface area (Å²) in [5, 5.41) is 3.60. The molecule has 3 heteroatoms. The van der Waals surface area contributed by atoms with Crippen LogP contribution < -0.4 is 5.32 Å². The van der Waals surface area contributed by atoms with Gasteiger partial charge in [0.15, 0.2) is 0 Å². The summed E-state index contributed by atoms with van der Waals surface area (Å²) in [6.07, 6.45) is 6.93. The van der Waals surface area contributed by atoms with E-state index in [9.17, 15) is 0 Å². The van der Waals surface area contributed by atoms with Crippen molar-refractivity contribution in [1.29, 1.82) is 0 Å². The van der Waals surface area contributed by atoms with E-state index < -0.39 is 0 Å². The van der Waals surface area contributed by atoms with Gasteiger partial charge in [0, 0.05) is 25.2 Å². The van der Waals surface area contributed by atoms with E-state index in [0.29, 0.717) is 6.04 Å². The van der Waals surface area contributed by atoms with Gasteiger partial charge < -0.3 is 10.2 Å². The highest BCUT2D eigenvalue weighted by molar-refractivity contribution is 4.86. The van der Waals surface area contributed by atoms with Crippen molar-refractivity contribution in [3.8, 4) is 0 Å². The third-order valence-electron chi connectivity index (χ3n) is 4.62. The maximum atomic E-state index is 3.60. The number of rotatable bonds is 6. The monoisotopic (exact) mass is 253 g/mol. The van der Waals surface area contributed by atoms with E-state index in [1.807, 2.05) is 0 Å². The number of nitrogens with one attached hydrogen (secondary N) is 1. The molecule has 0 radical (unpaired) electrons. The standard InChI is InChI=1S/C15H31N3/c1-3-14(16-4-2)12-17-11-8-15(13-17)18-9-6-5-7-10-18/h14-16H,3-13H2,1-2H3. The van der Waals surface area contributed by atoms with Gasteiger partial charge in [0.05, 0.1) is 0 Å². The zero-order valence-electron chi connectivity index (χ0n) is 12.3. The summed E-state index contributed by atoms with van der Waals surface area (Å²) in [5.41, 5.74) is 0. The number of piperidine rings is 1. The Balaban J connectivity index is 1.73. The molecule has 0 aromatic rings. The number of nitrogens with zero attached hydrogens (tertiary/aromatic N) is 2. The highest BCUT2D eigenvalue weighted by atomic mass is 15.3. The summed E-state index contributed by atoms with van der Waals surface area (Å²) < 4.78 is 0. The molecule has 0 amide bonds. The van der Waals surface area contributed by atoms with Crippen LogP contribution in [0.5, 0.6) is 0 Å². The molecule has 2 unspecified atom stereocenters. The minimum absolute atomic E-state index is 0.690. The van der Waals surface area contributed by atoms with Crippen LogP contribution in [-0.2, 0) is 0 Å². The summed E-state index contributed by atoms with van der Waals surface area (Å²) in [4.78, 5) is 5.42. The molecule has 3 nitrogen and oxygen atoms in total. The third-order valence-corrected chi connectivity index (χ3v) is 4.62. The Bertz CT molecular complexity index is 226. The van der Waals surface area contributed by atoms with Gasteiger partial charge in [0.2, 0.25) is 0 Å². The van der Waals surface area contributed by atoms with Crippen molar-refractivity contribution in [2.45, 2.75) is 58.0 Å². The predicted octanol–water partition coefficient (Wildman–Crippen LogP) is 1.93. The summed E-state index contributed by atoms with van der Waals surface area (Å²) >= 11 is 0. The molecule has 0 aliphatic carbocycles. The van der Waals surface area contributed by atoms with Crippen molar-refractivity contribution in [2.24, 2.45) is 0 Å². The lowest BCUT2D eigenvalue weighted by atomic mass is 10.1. The second-order valence-electron chi connectivity index (χ2n) is 5.96. The van der Waals surface area contributed by atoms with Crippen LogP contribution in [0.1, 0.15) is 46.0 Å². The smallest absolute Gasteiger partial charge is 0.0235 e. The van der Waals surface area contributed by atoms with Crippen LogP contribution in [0, 0.1) is 0 Å². The fraction of sp³-hybridized carbons (Fsp3) is 1.00. The molecular weight excluding hydrogens is 222 g/mol. The number of likely N-dealkylation sites (tertiary alicyclic amines) is 2. The molecule has 1 N–H and O–H groups in total. The fourth-order valence-electron chi connectivity index (χ4n) is 3.50. The summed E-state index contributed by atoms with van der Waals surface area (Å²) in [6, 6.07) is 1.54. The normalized spacial score (nSPS) is 28.7. The highest BCUT2D eigenvalue weighted by Crippen LogP contribution is 2.20. The van der Waals surface area contributed by atoms with E-state index in [4.69, 9.17) is 0 Å². The van der Waals surface area contributed by atoms with Crippen LogP contribution in [0.25, 0.3) is 0 Å². The first-order valence-corrected chi connectivity index (χ1v) is 8.03. The number of likely N-dealkylation sites (N-methyl/N-ethyl adjacent to an activating group) is 1. The summed E-state index contributed by atoms with van der Waals surface area (Å²) in [6.45, 7) is 12.2. The van der Waals surface area contributed by atoms with Crippen molar-refractivity contribution in [3.63, 3.8) is 0 Å². The first-order valence-electron chi connectivity index (χ1n) is 8.03. The topological polar surface area (TPSA) is 18.5 Å². The molecule has 0 bridgehead atoms. The van der Waals surface area contributed by atoms with E-state index in [1.54, 1.807) is 0 Å². The largest absolute Gasteiger partial charge is 0.313 e. The second kappa shape index (κ2) is 7.46. The molecule has 2 rings (SSSR count). The summed E-state index contributed by atoms with van der Waals surface area (Å²) in [7, 11) is 0. The van der Waals surface area contributed by atoms with Gasteiger partial charge in [0.25, 0.3) is 0 Å². The van der Waals surface area contributed by atoms with Gasteiger partial charge in [-0.1, -0.05) is 20.3 Å². The molecule has 2 heterocycles. The molecule has 2 aliphatic heterocycles. The molecule has 0 aromatic heterocycles. The van der Waals surface area contributed by atoms with Gasteiger partial charge in [-0.2, -0.15) is 0 Å². The zero-order valence-corrected chi connectivity index (χ0v) is 12.3. The third kappa shape index (κ3) is 3.94. The van der Waals surface area contributed by atoms with Gasteiger partial charge in [-0.05, 0) is 51.9 Å². The van der Waals surface area contributed by atoms with Gasteiger partial charge in [0.1, 0.15) is 0 Å². The van der Waals surface area contributed by atoms with E-state index in [2.05, 4.69) is 29.0 Å². The van der Waals surface area contributed by atoms with Crippen LogP contribution in [0.4, 0.5) is 0 Å². The quantitative estimate of drug-likeness (QED) is 0.780. The first-order chi connectivity index (χ1) is 8.83. The Labute approximate surface area is 113 Å². The van der Waals surface area contributed by atoms with Crippen LogP contribution in [0.15, 0.2) is 0 Å². The van der Waals surface area contributed by atoms with Gasteiger partial charge in [-0.15, -0.1) is 0 Å². The van der Waals surface area contributed by atoms with Crippen molar-refractivity contribution < 1.29 is 0 Å². The summed E-state index contributed by atoms with van der Waals surface area (Å²) in [5.74, 6) is 0. The zero-order chi connectivity index (χ0) is 12.8. The van der Waals surface area contributed by atoms with Crippen LogP contribution in [0.2, 0.25) is 0 Å². The average molecular weight is 253 g/mol. The number of hydrogen-bond acceptors (Lipinski definition) is 3. The minimum atomic E-state index is 0.690. The molecule has 0 spiro atoms. The average Bonchev–Trinajstić information content (AvgIpc) is 2.88. The maximum absolute atomic E-state index is 3.60. The minimum Gasteiger partial charge on any atom is -0.313 e. The highest BCUT2D eigenvalue weighted by Gasteiger charge is 2.29. The molecule has 2 aliphatic rings. The molecule has 0 aromatic carbocycles. The Morgan fingerprint density at radius 2 is 1.89 bits per heavy atom. The molecule has 106 valence electrons. The van der Waals surface area contributed by atoms with Crippen LogP contribution in [0.3, 0.4) is 0 Å². The molecule has 2 fully saturated rings. The van der Waals surface area contributed by atoms with Crippen molar-refractivity contribution >= 4 is 0 Å². The molecule has 2 atom stereocenters. The van der Waals surface area contributed by atoms with E-state index in [1.165, 1.54) is 64.8 Å². The molecule has 2 saturated heterocycles. The molecule has 18 heavy (non-hydrogen) atoms. The van der Waals surface area contributed by atoms with E-state index in [-0.39, 0.29) is 0 Å². The second-order valence-corrected chi connectivity index (χ2v) is 5.96. The Morgan fingerprint density at radius 3 is 2.56 bits per heavy atom. The van der Waals surface area contributed by atoms with Gasteiger partial charge in [-0.3, -0.25) is 4.90 Å². The Kier molecular flexibility index (Phi) is 5.93. The van der Waals surface area contributed by atoms with Gasteiger partial charge in [-0.25, -0.2) is 0 Å². The molecular formula is C15H31N3. The van der Waals surface area contributed by atoms with Crippen molar-refractivity contribution in [2.75, 3.05) is 39.3 Å². The van der Waals surface area contributed by atoms with Crippen LogP contribution in [-0.4, -0.2) is 61.2 Å². The lowest BCUT2D eigenvalue weighted by Crippen LogP contribution is -2.43. The van der Waals surface area contributed by atoms with E-state index >= 15 is 0 Å². The number of hydrogen-bond donors (Lipinski definition) is 1. The van der Waals surface area contributed by atoms with Crippen molar-refractivity contribution in [1.82, 2.24) is 15.1 Å². The Morgan fingerprint density at radius 1 is 1.11 bits per heavy atom. The Hall–Kier alpha value is -0.120. The predicted molar refractivity (Wildman–Crippen MR) is 78.0 cm³/mol. The molecule has 0 saturated carbocycles. The van der Waals surface area contributed by atoms with Crippen LogP contribution >= 0.6 is 0 Å². The maximum Gasteiger partial charge on any atom is 0.0235 e. The van der Waals surface area contributed by atoms with Crippen molar-refractivity contribution in [3.05, 3.63) is 0 Å². The lowest BCUT2D eigenvalue weighted by Gasteiger charge is -2.32. The van der Waals surface area contributed by atoms with E-state index in [0.717, 1.165) is 12.6 Å². The van der Waals surface area contributed by atoms with Gasteiger partial charge >= 0.3 is 0 Å².